The Morgan fingerprint density at radius 2 is 1.95 bits per heavy atom. The van der Waals surface area contributed by atoms with Crippen LogP contribution in [0.3, 0.4) is 0 Å². The van der Waals surface area contributed by atoms with Crippen molar-refractivity contribution in [1.82, 2.24) is 10.2 Å². The molecule has 2 amide bonds. The maximum Gasteiger partial charge on any atom is 0.410 e. The summed E-state index contributed by atoms with van der Waals surface area (Å²) in [4.78, 5) is 24.3. The minimum Gasteiger partial charge on any atom is -0.453 e. The largest absolute Gasteiger partial charge is 0.453 e. The molecular formula is C28H39ClN2O6. The Morgan fingerprint density at radius 1 is 1.22 bits per heavy atom. The van der Waals surface area contributed by atoms with E-state index in [2.05, 4.69) is 47.3 Å². The molecule has 204 valence electrons. The number of benzene rings is 2. The fraction of sp³-hybridized carbons (Fsp3) is 0.500. The molecule has 1 aliphatic rings. The Kier molecular flexibility index (Phi) is 12.2. The van der Waals surface area contributed by atoms with Crippen LogP contribution >= 0.6 is 11.6 Å². The maximum atomic E-state index is 12.5. The highest BCUT2D eigenvalue weighted by molar-refractivity contribution is 6.33. The summed E-state index contributed by atoms with van der Waals surface area (Å²) in [6, 6.07) is 14.5. The molecule has 2 N–H and O–H groups in total. The van der Waals surface area contributed by atoms with Gasteiger partial charge in [0.05, 0.1) is 33.0 Å². The number of morpholine rings is 1. The molecule has 8 nitrogen and oxygen atoms in total. The lowest BCUT2D eigenvalue weighted by atomic mass is 9.94. The van der Waals surface area contributed by atoms with Crippen LogP contribution < -0.4 is 5.32 Å². The van der Waals surface area contributed by atoms with E-state index in [1.807, 2.05) is 32.9 Å². The quantitative estimate of drug-likeness (QED) is 0.536. The van der Waals surface area contributed by atoms with Gasteiger partial charge >= 0.3 is 12.2 Å². The van der Waals surface area contributed by atoms with Crippen molar-refractivity contribution in [2.45, 2.75) is 52.2 Å². The minimum atomic E-state index is -0.515. The average Bonchev–Trinajstić information content (AvgIpc) is 2.87. The fourth-order valence-corrected chi connectivity index (χ4v) is 4.12. The molecule has 0 saturated carbocycles. The monoisotopic (exact) mass is 534 g/mol. The molecule has 1 heterocycles. The number of methoxy groups -OCH3 is 1. The zero-order chi connectivity index (χ0) is 27.4. The average molecular weight is 535 g/mol. The van der Waals surface area contributed by atoms with E-state index in [1.54, 1.807) is 4.90 Å². The second-order valence-corrected chi connectivity index (χ2v) is 10.0. The van der Waals surface area contributed by atoms with Gasteiger partial charge < -0.3 is 29.5 Å². The number of carbonyl (C=O) groups excluding carboxylic acids is 2. The van der Waals surface area contributed by atoms with E-state index in [-0.39, 0.29) is 25.3 Å². The number of nitrogens with zero attached hydrogens (tertiary/aromatic N) is 1. The van der Waals surface area contributed by atoms with Crippen molar-refractivity contribution in [3.63, 3.8) is 0 Å². The van der Waals surface area contributed by atoms with Gasteiger partial charge in [-0.15, -0.1) is 0 Å². The molecule has 1 fully saturated rings. The number of rotatable bonds is 6. The molecule has 1 saturated heterocycles. The summed E-state index contributed by atoms with van der Waals surface area (Å²) in [6.45, 7) is 9.53. The lowest BCUT2D eigenvalue weighted by molar-refractivity contribution is -0.0414. The van der Waals surface area contributed by atoms with Gasteiger partial charge in [0.1, 0.15) is 5.60 Å². The number of ether oxygens (including phenoxy) is 3. The van der Waals surface area contributed by atoms with Crippen molar-refractivity contribution in [2.24, 2.45) is 0 Å². The lowest BCUT2D eigenvalue weighted by Gasteiger charge is -2.34. The van der Waals surface area contributed by atoms with Gasteiger partial charge in [-0.25, -0.2) is 9.59 Å². The van der Waals surface area contributed by atoms with Gasteiger partial charge in [-0.2, -0.15) is 0 Å². The van der Waals surface area contributed by atoms with Crippen molar-refractivity contribution < 1.29 is 28.9 Å². The lowest BCUT2D eigenvalue weighted by Crippen LogP contribution is -2.48. The molecule has 37 heavy (non-hydrogen) atoms. The van der Waals surface area contributed by atoms with E-state index in [0.29, 0.717) is 26.1 Å². The van der Waals surface area contributed by atoms with Gasteiger partial charge in [-0.3, -0.25) is 0 Å². The first kappa shape index (κ1) is 30.4. The van der Waals surface area contributed by atoms with Crippen molar-refractivity contribution >= 4 is 23.8 Å². The van der Waals surface area contributed by atoms with Crippen LogP contribution in [0.25, 0.3) is 11.1 Å². The number of carbonyl (C=O) groups is 2. The Labute approximate surface area is 224 Å². The number of aryl methyl sites for hydroxylation is 1. The van der Waals surface area contributed by atoms with Gasteiger partial charge in [0.25, 0.3) is 0 Å². The van der Waals surface area contributed by atoms with Crippen LogP contribution in [-0.4, -0.2) is 73.9 Å². The summed E-state index contributed by atoms with van der Waals surface area (Å²) in [7, 11) is 1.27. The van der Waals surface area contributed by atoms with Gasteiger partial charge in [0.15, 0.2) is 0 Å². The molecule has 0 radical (unpaired) electrons. The first-order chi connectivity index (χ1) is 17.6. The van der Waals surface area contributed by atoms with Crippen LogP contribution in [0, 0.1) is 0 Å². The zero-order valence-electron chi connectivity index (χ0n) is 22.4. The molecule has 0 aromatic heterocycles. The van der Waals surface area contributed by atoms with Gasteiger partial charge in [0, 0.05) is 30.1 Å². The van der Waals surface area contributed by atoms with Gasteiger partial charge in [0.2, 0.25) is 0 Å². The number of nitrogens with one attached hydrogen (secondary N) is 1. The van der Waals surface area contributed by atoms with Gasteiger partial charge in [-0.1, -0.05) is 54.9 Å². The van der Waals surface area contributed by atoms with Crippen LogP contribution in [0.5, 0.6) is 0 Å². The Bertz CT molecular complexity index is 1020. The summed E-state index contributed by atoms with van der Waals surface area (Å²) in [6.07, 6.45) is 0.769. The molecule has 1 unspecified atom stereocenters. The number of hydrogen-bond acceptors (Lipinski definition) is 6. The molecular weight excluding hydrogens is 496 g/mol. The molecule has 0 spiro atoms. The third kappa shape index (κ3) is 10.2. The highest BCUT2D eigenvalue weighted by Crippen LogP contribution is 2.33. The number of aliphatic hydroxyl groups is 1. The third-order valence-electron chi connectivity index (χ3n) is 5.53. The summed E-state index contributed by atoms with van der Waals surface area (Å²) in [5.74, 6) is 0. The van der Waals surface area contributed by atoms with Crippen molar-refractivity contribution in [1.29, 1.82) is 0 Å². The minimum absolute atomic E-state index is 0.0604. The Hall–Kier alpha value is -2.81. The number of aliphatic hydroxyl groups excluding tert-OH is 1. The number of halogens is 1. The molecule has 1 aliphatic heterocycles. The zero-order valence-corrected chi connectivity index (χ0v) is 23.1. The van der Waals surface area contributed by atoms with Crippen LogP contribution in [0.1, 0.15) is 38.8 Å². The Balaban J connectivity index is 0.000000521. The summed E-state index contributed by atoms with van der Waals surface area (Å²) in [5.41, 5.74) is 4.06. The second-order valence-electron chi connectivity index (χ2n) is 9.59. The maximum absolute atomic E-state index is 12.5. The molecule has 0 aliphatic carbocycles. The SMILES string of the molecule is CCc1cccc(-c2c(Cl)cccc2CC2CN(C(=O)OC(C)(C)C)CCO2)c1.COC(=O)NCCO. The number of hydrogen-bond donors (Lipinski definition) is 2. The molecule has 3 rings (SSSR count). The summed E-state index contributed by atoms with van der Waals surface area (Å²) < 4.78 is 15.7. The molecule has 1 atom stereocenters. The predicted octanol–water partition coefficient (Wildman–Crippen LogP) is 5.08. The fourth-order valence-electron chi connectivity index (χ4n) is 3.82. The molecule has 9 heteroatoms. The van der Waals surface area contributed by atoms with Crippen LogP contribution in [-0.2, 0) is 27.1 Å². The highest BCUT2D eigenvalue weighted by Gasteiger charge is 2.29. The smallest absolute Gasteiger partial charge is 0.410 e. The van der Waals surface area contributed by atoms with Gasteiger partial charge in [-0.05, 0) is 49.9 Å². The van der Waals surface area contributed by atoms with Crippen molar-refractivity contribution in [3.05, 3.63) is 58.6 Å². The van der Waals surface area contributed by atoms with Crippen LogP contribution in [0.15, 0.2) is 42.5 Å². The van der Waals surface area contributed by atoms with E-state index in [9.17, 15) is 9.59 Å². The van der Waals surface area contributed by atoms with E-state index in [4.69, 9.17) is 26.2 Å². The van der Waals surface area contributed by atoms with E-state index < -0.39 is 11.7 Å². The Morgan fingerprint density at radius 3 is 2.59 bits per heavy atom. The third-order valence-corrected chi connectivity index (χ3v) is 5.84. The van der Waals surface area contributed by atoms with Crippen LogP contribution in [0.4, 0.5) is 9.59 Å². The van der Waals surface area contributed by atoms with Crippen LogP contribution in [0.2, 0.25) is 5.02 Å². The normalized spacial score (nSPS) is 15.3. The summed E-state index contributed by atoms with van der Waals surface area (Å²) in [5, 5.41) is 11.1. The number of amides is 2. The standard InChI is InChI=1S/C24H30ClNO3.C4H9NO3/c1-5-17-8-6-9-18(14-17)22-19(10-7-11-21(22)25)15-20-16-26(12-13-28-20)23(27)29-24(2,3)4;1-8-4(7)5-2-3-6/h6-11,14,20H,5,12-13,15-16H2,1-4H3;6H,2-3H2,1H3,(H,5,7). The molecule has 2 aromatic carbocycles. The predicted molar refractivity (Wildman–Crippen MR) is 145 cm³/mol. The highest BCUT2D eigenvalue weighted by atomic mass is 35.5. The van der Waals surface area contributed by atoms with E-state index >= 15 is 0 Å². The first-order valence-electron chi connectivity index (χ1n) is 12.5. The van der Waals surface area contributed by atoms with Crippen molar-refractivity contribution in [2.75, 3.05) is 40.0 Å². The first-order valence-corrected chi connectivity index (χ1v) is 12.8. The molecule has 2 aromatic rings. The van der Waals surface area contributed by atoms with Crippen molar-refractivity contribution in [3.8, 4) is 11.1 Å². The topological polar surface area (TPSA) is 97.3 Å². The number of alkyl carbamates (subject to hydrolysis) is 1. The van der Waals surface area contributed by atoms with E-state index in [0.717, 1.165) is 28.1 Å². The second kappa shape index (κ2) is 14.8. The summed E-state index contributed by atoms with van der Waals surface area (Å²) >= 11 is 6.60. The molecule has 0 bridgehead atoms. The van der Waals surface area contributed by atoms with E-state index in [1.165, 1.54) is 12.7 Å².